The molecule has 4 nitrogen and oxygen atoms in total. The molecule has 0 fully saturated rings. The minimum absolute atomic E-state index is 0.323. The third-order valence-electron chi connectivity index (χ3n) is 2.98. The van der Waals surface area contributed by atoms with E-state index in [4.69, 9.17) is 4.52 Å². The summed E-state index contributed by atoms with van der Waals surface area (Å²) in [6.45, 7) is 4.81. The lowest BCUT2D eigenvalue weighted by molar-refractivity contribution is 0.386. The lowest BCUT2D eigenvalue weighted by Gasteiger charge is -2.13. The fraction of sp³-hybridized carbons (Fsp3) is 0.429. The molecule has 1 heterocycles. The van der Waals surface area contributed by atoms with Crippen LogP contribution < -0.4 is 5.32 Å². The number of rotatable bonds is 6. The van der Waals surface area contributed by atoms with E-state index >= 15 is 0 Å². The van der Waals surface area contributed by atoms with Crippen LogP contribution in [0.25, 0.3) is 0 Å². The summed E-state index contributed by atoms with van der Waals surface area (Å²) in [6, 6.07) is 8.97. The Morgan fingerprint density at radius 3 is 2.63 bits per heavy atom. The number of hydrogen-bond donors (Lipinski definition) is 1. The zero-order valence-corrected chi connectivity index (χ0v) is 12.3. The summed E-state index contributed by atoms with van der Waals surface area (Å²) in [6.07, 6.45) is 2.87. The van der Waals surface area contributed by atoms with E-state index in [0.717, 1.165) is 18.8 Å². The molecule has 0 aliphatic rings. The van der Waals surface area contributed by atoms with Gasteiger partial charge in [0.25, 0.3) is 0 Å². The Bertz CT molecular complexity index is 510. The molecule has 2 aromatic rings. The molecule has 1 unspecified atom stereocenters. The summed E-state index contributed by atoms with van der Waals surface area (Å²) in [7, 11) is 0. The first-order valence-electron chi connectivity index (χ1n) is 6.35. The van der Waals surface area contributed by atoms with Gasteiger partial charge in [-0.3, -0.25) is 0 Å². The van der Waals surface area contributed by atoms with Gasteiger partial charge in [-0.05, 0) is 30.9 Å². The maximum absolute atomic E-state index is 4.94. The van der Waals surface area contributed by atoms with Gasteiger partial charge in [0.05, 0.1) is 0 Å². The third kappa shape index (κ3) is 4.08. The van der Waals surface area contributed by atoms with Crippen molar-refractivity contribution in [2.45, 2.75) is 31.2 Å². The highest BCUT2D eigenvalue weighted by Crippen LogP contribution is 2.18. The Hall–Kier alpha value is -1.33. The normalized spacial score (nSPS) is 12.6. The highest BCUT2D eigenvalue weighted by Gasteiger charge is 2.06. The number of nitrogens with zero attached hydrogens (tertiary/aromatic N) is 2. The topological polar surface area (TPSA) is 51.0 Å². The van der Waals surface area contributed by atoms with Crippen LogP contribution in [0.3, 0.4) is 0 Å². The summed E-state index contributed by atoms with van der Waals surface area (Å²) in [5, 5.41) is 7.34. The first-order valence-corrected chi connectivity index (χ1v) is 7.58. The molecule has 1 atom stereocenters. The highest BCUT2D eigenvalue weighted by atomic mass is 32.2. The van der Waals surface area contributed by atoms with Crippen molar-refractivity contribution in [1.82, 2.24) is 15.5 Å². The van der Waals surface area contributed by atoms with E-state index in [1.165, 1.54) is 10.5 Å². The van der Waals surface area contributed by atoms with Gasteiger partial charge >= 0.3 is 0 Å². The molecule has 0 bridgehead atoms. The maximum Gasteiger partial charge on any atom is 0.223 e. The second kappa shape index (κ2) is 6.73. The van der Waals surface area contributed by atoms with Gasteiger partial charge < -0.3 is 9.84 Å². The van der Waals surface area contributed by atoms with Crippen molar-refractivity contribution in [2.75, 3.05) is 12.8 Å². The number of nitrogens with one attached hydrogen (secondary N) is 1. The maximum atomic E-state index is 4.94. The Kier molecular flexibility index (Phi) is 4.99. The zero-order valence-electron chi connectivity index (χ0n) is 11.5. The number of thioether (sulfide) groups is 1. The summed E-state index contributed by atoms with van der Waals surface area (Å²) in [4.78, 5) is 5.47. The van der Waals surface area contributed by atoms with Crippen molar-refractivity contribution < 1.29 is 4.52 Å². The van der Waals surface area contributed by atoms with E-state index < -0.39 is 0 Å². The predicted molar refractivity (Wildman–Crippen MR) is 77.4 cm³/mol. The van der Waals surface area contributed by atoms with E-state index in [2.05, 4.69) is 52.9 Å². The summed E-state index contributed by atoms with van der Waals surface area (Å²) >= 11 is 1.76. The average Bonchev–Trinajstić information content (AvgIpc) is 2.84. The van der Waals surface area contributed by atoms with Crippen LogP contribution in [0.1, 0.15) is 30.2 Å². The van der Waals surface area contributed by atoms with Gasteiger partial charge in [0, 0.05) is 30.8 Å². The van der Waals surface area contributed by atoms with Crippen molar-refractivity contribution in [2.24, 2.45) is 0 Å². The molecule has 0 radical (unpaired) electrons. The van der Waals surface area contributed by atoms with Crippen molar-refractivity contribution in [3.63, 3.8) is 0 Å². The number of hydrogen-bond acceptors (Lipinski definition) is 5. The first-order chi connectivity index (χ1) is 9.19. The molecule has 5 heteroatoms. The van der Waals surface area contributed by atoms with Crippen molar-refractivity contribution in [3.05, 3.63) is 41.5 Å². The van der Waals surface area contributed by atoms with Crippen LogP contribution in [0.4, 0.5) is 0 Å². The number of aromatic nitrogens is 2. The Balaban J connectivity index is 1.81. The quantitative estimate of drug-likeness (QED) is 0.823. The second-order valence-electron chi connectivity index (χ2n) is 4.43. The molecule has 1 N–H and O–H groups in total. The Morgan fingerprint density at radius 1 is 1.32 bits per heavy atom. The molecule has 2 rings (SSSR count). The smallest absolute Gasteiger partial charge is 0.223 e. The molecule has 0 aliphatic heterocycles. The molecule has 0 saturated carbocycles. The number of benzene rings is 1. The van der Waals surface area contributed by atoms with Crippen LogP contribution in [0, 0.1) is 6.92 Å². The molecule has 1 aromatic heterocycles. The molecular weight excluding hydrogens is 258 g/mol. The van der Waals surface area contributed by atoms with E-state index in [0.29, 0.717) is 11.9 Å². The first kappa shape index (κ1) is 14.1. The number of aryl methyl sites for hydroxylation is 1. The summed E-state index contributed by atoms with van der Waals surface area (Å²) < 4.78 is 4.94. The van der Waals surface area contributed by atoms with Crippen LogP contribution in [-0.4, -0.2) is 22.9 Å². The van der Waals surface area contributed by atoms with Gasteiger partial charge in [0.2, 0.25) is 5.89 Å². The molecule has 0 amide bonds. The molecule has 102 valence electrons. The van der Waals surface area contributed by atoms with E-state index in [9.17, 15) is 0 Å². The standard InChI is InChI=1S/C14H19N3OS/c1-10(12-4-6-13(19-3)7-5-12)15-9-8-14-16-11(2)18-17-14/h4-7,10,15H,8-9H2,1-3H3. The zero-order chi connectivity index (χ0) is 13.7. The van der Waals surface area contributed by atoms with Gasteiger partial charge in [-0.2, -0.15) is 4.98 Å². The lowest BCUT2D eigenvalue weighted by Crippen LogP contribution is -2.21. The van der Waals surface area contributed by atoms with Crippen LogP contribution in [0.15, 0.2) is 33.7 Å². The third-order valence-corrected chi connectivity index (χ3v) is 3.73. The molecule has 0 saturated heterocycles. The van der Waals surface area contributed by atoms with Crippen LogP contribution >= 0.6 is 11.8 Å². The van der Waals surface area contributed by atoms with Crippen LogP contribution in [0.2, 0.25) is 0 Å². The lowest BCUT2D eigenvalue weighted by atomic mass is 10.1. The average molecular weight is 277 g/mol. The fourth-order valence-corrected chi connectivity index (χ4v) is 2.26. The Labute approximate surface area is 118 Å². The second-order valence-corrected chi connectivity index (χ2v) is 5.31. The molecule has 19 heavy (non-hydrogen) atoms. The molecular formula is C14H19N3OS. The van der Waals surface area contributed by atoms with Gasteiger partial charge in [0.1, 0.15) is 0 Å². The van der Waals surface area contributed by atoms with E-state index in [1.54, 1.807) is 18.7 Å². The van der Waals surface area contributed by atoms with Crippen molar-refractivity contribution in [3.8, 4) is 0 Å². The monoisotopic (exact) mass is 277 g/mol. The fourth-order valence-electron chi connectivity index (χ4n) is 1.85. The van der Waals surface area contributed by atoms with Gasteiger partial charge in [0.15, 0.2) is 5.82 Å². The highest BCUT2D eigenvalue weighted by molar-refractivity contribution is 7.98. The van der Waals surface area contributed by atoms with Crippen molar-refractivity contribution >= 4 is 11.8 Å². The molecule has 1 aromatic carbocycles. The summed E-state index contributed by atoms with van der Waals surface area (Å²) in [5.41, 5.74) is 1.29. The van der Waals surface area contributed by atoms with E-state index in [-0.39, 0.29) is 0 Å². The van der Waals surface area contributed by atoms with E-state index in [1.807, 2.05) is 0 Å². The van der Waals surface area contributed by atoms with Gasteiger partial charge in [-0.15, -0.1) is 11.8 Å². The minimum atomic E-state index is 0.323. The largest absolute Gasteiger partial charge is 0.340 e. The SMILES string of the molecule is CSc1ccc(C(C)NCCc2noc(C)n2)cc1. The van der Waals surface area contributed by atoms with Crippen molar-refractivity contribution in [1.29, 1.82) is 0 Å². The summed E-state index contributed by atoms with van der Waals surface area (Å²) in [5.74, 6) is 1.38. The minimum Gasteiger partial charge on any atom is -0.340 e. The Morgan fingerprint density at radius 2 is 2.05 bits per heavy atom. The predicted octanol–water partition coefficient (Wildman–Crippen LogP) is 2.99. The van der Waals surface area contributed by atoms with Gasteiger partial charge in [-0.1, -0.05) is 17.3 Å². The van der Waals surface area contributed by atoms with Gasteiger partial charge in [-0.25, -0.2) is 0 Å². The van der Waals surface area contributed by atoms with Crippen LogP contribution in [-0.2, 0) is 6.42 Å². The van der Waals surface area contributed by atoms with Crippen LogP contribution in [0.5, 0.6) is 0 Å². The molecule has 0 aliphatic carbocycles. The molecule has 0 spiro atoms.